The monoisotopic (exact) mass is 1010 g/mol. The lowest BCUT2D eigenvalue weighted by Gasteiger charge is -2.42. The van der Waals surface area contributed by atoms with Crippen molar-refractivity contribution in [2.75, 3.05) is 52.9 Å². The average molecular weight is 1010 g/mol. The van der Waals surface area contributed by atoms with Crippen molar-refractivity contribution in [3.05, 3.63) is 70.8 Å². The molecule has 4 fully saturated rings. The number of benzene rings is 2. The first kappa shape index (κ1) is 61.0. The van der Waals surface area contributed by atoms with Gasteiger partial charge in [0.2, 0.25) is 11.8 Å². The van der Waals surface area contributed by atoms with Gasteiger partial charge in [-0.25, -0.2) is 0 Å². The SMILES string of the molecule is CC(=O)OCO[C@H]1OC(COC(C)=O)[C@@H](C)[C@H](C)C1C.CC[C@H]1OCC(C)[C@H]1OC(C)=O.Cc1ccc(/C=C/C(=O)N2CCC(CO)CC2)c(O)c1.Cc1ccc(/C=C/C(=O)N2CCCCC2CO)c(O)c1. The summed E-state index contributed by atoms with van der Waals surface area (Å²) in [5.41, 5.74) is 3.23. The molecule has 0 aliphatic carbocycles. The standard InChI is InChI=1S/2C16H21NO3.C14H24O6.C9H16O3/c1-12-2-3-14(15(19)10-12)4-5-16(20)17-8-6-13(11-18)7-9-17;1-12-5-6-13(15(19)10-12)7-8-16(20)17-9-3-2-4-14(17)11-18;1-8-9(2)13(6-17-11(4)15)20-14(10(8)3)19-7-18-12(5)16;1-4-8-9(12-7(3)10)6(2)5-11-8/h2-5,10,13,18-19H,6-9,11H2,1H3;5-8,10,14,18-19H,2-4,9,11H2,1H3;8-10,13-14H,6-7H2,1-5H3;6,8-9H,4-5H2,1-3H3/b5-4+;8-7+;;/t;;8-,9-,10?,13?,14-;6?,8-,9-/m..01/s1. The summed E-state index contributed by atoms with van der Waals surface area (Å²) in [7, 11) is 0. The Hall–Kier alpha value is -5.33. The lowest BCUT2D eigenvalue weighted by molar-refractivity contribution is -0.275. The van der Waals surface area contributed by atoms with Gasteiger partial charge in [0, 0.05) is 82.1 Å². The van der Waals surface area contributed by atoms with Gasteiger partial charge in [-0.3, -0.25) is 24.0 Å². The maximum Gasteiger partial charge on any atom is 0.304 e. The number of phenols is 2. The van der Waals surface area contributed by atoms with Gasteiger partial charge in [-0.2, -0.15) is 0 Å². The molecule has 0 spiro atoms. The van der Waals surface area contributed by atoms with Crippen molar-refractivity contribution in [2.24, 2.45) is 29.6 Å². The maximum absolute atomic E-state index is 12.2. The van der Waals surface area contributed by atoms with Crippen molar-refractivity contribution in [1.82, 2.24) is 9.80 Å². The molecule has 4 unspecified atom stereocenters. The zero-order valence-corrected chi connectivity index (χ0v) is 44.1. The van der Waals surface area contributed by atoms with Crippen LogP contribution in [-0.4, -0.2) is 143 Å². The van der Waals surface area contributed by atoms with Crippen LogP contribution in [0.25, 0.3) is 12.2 Å². The van der Waals surface area contributed by atoms with Crippen LogP contribution in [0.4, 0.5) is 0 Å². The molecule has 2 aromatic rings. The summed E-state index contributed by atoms with van der Waals surface area (Å²) in [5, 5.41) is 38.0. The minimum absolute atomic E-state index is 0.00929. The van der Waals surface area contributed by atoms with Crippen LogP contribution in [0.2, 0.25) is 0 Å². The molecule has 4 heterocycles. The first-order valence-electron chi connectivity index (χ1n) is 25.3. The van der Waals surface area contributed by atoms with Crippen LogP contribution in [0.1, 0.15) is 116 Å². The van der Waals surface area contributed by atoms with E-state index in [1.807, 2.05) is 46.8 Å². The minimum Gasteiger partial charge on any atom is -0.507 e. The van der Waals surface area contributed by atoms with Crippen LogP contribution in [0.5, 0.6) is 11.5 Å². The van der Waals surface area contributed by atoms with Gasteiger partial charge in [0.25, 0.3) is 0 Å². The molecule has 17 heteroatoms. The zero-order chi connectivity index (χ0) is 53.5. The van der Waals surface area contributed by atoms with E-state index in [1.165, 1.54) is 32.9 Å². The van der Waals surface area contributed by atoms with E-state index < -0.39 is 12.3 Å². The summed E-state index contributed by atoms with van der Waals surface area (Å²) in [6.45, 7) is 21.3. The van der Waals surface area contributed by atoms with Crippen molar-refractivity contribution < 1.29 is 72.8 Å². The molecule has 2 amide bonds. The summed E-state index contributed by atoms with van der Waals surface area (Å²) >= 11 is 0. The van der Waals surface area contributed by atoms with Gasteiger partial charge in [0.15, 0.2) is 13.1 Å². The molecule has 72 heavy (non-hydrogen) atoms. The number of ether oxygens (including phenoxy) is 6. The number of esters is 3. The Morgan fingerprint density at radius 1 is 0.708 bits per heavy atom. The number of rotatable bonds is 13. The minimum atomic E-state index is -0.471. The molecule has 0 bridgehead atoms. The Kier molecular flexibility index (Phi) is 26.5. The van der Waals surface area contributed by atoms with Crippen LogP contribution >= 0.6 is 0 Å². The molecule has 4 saturated heterocycles. The predicted molar refractivity (Wildman–Crippen MR) is 272 cm³/mol. The van der Waals surface area contributed by atoms with Crippen LogP contribution in [0.3, 0.4) is 0 Å². The first-order valence-corrected chi connectivity index (χ1v) is 25.3. The second-order valence-corrected chi connectivity index (χ2v) is 19.3. The Bertz CT molecular complexity index is 2080. The predicted octanol–water partition coefficient (Wildman–Crippen LogP) is 7.11. The van der Waals surface area contributed by atoms with E-state index >= 15 is 0 Å². The molecular formula is C55H82N2O15. The molecule has 0 aromatic heterocycles. The zero-order valence-electron chi connectivity index (χ0n) is 44.1. The second-order valence-electron chi connectivity index (χ2n) is 19.3. The van der Waals surface area contributed by atoms with Gasteiger partial charge in [-0.15, -0.1) is 0 Å². The number of hydrogen-bond donors (Lipinski definition) is 4. The van der Waals surface area contributed by atoms with E-state index in [0.29, 0.717) is 55.1 Å². The number of aliphatic hydroxyl groups excluding tert-OH is 2. The van der Waals surface area contributed by atoms with Gasteiger partial charge >= 0.3 is 17.9 Å². The third kappa shape index (κ3) is 20.3. The van der Waals surface area contributed by atoms with E-state index in [-0.39, 0.29) is 98.1 Å². The summed E-state index contributed by atoms with van der Waals surface area (Å²) in [5.74, 6) is 0.679. The molecule has 6 rings (SSSR count). The second kappa shape index (κ2) is 31.3. The number of aliphatic hydroxyl groups is 2. The first-order chi connectivity index (χ1) is 34.2. The van der Waals surface area contributed by atoms with Gasteiger partial charge < -0.3 is 58.6 Å². The molecule has 0 saturated carbocycles. The lowest BCUT2D eigenvalue weighted by Crippen LogP contribution is -2.48. The van der Waals surface area contributed by atoms with E-state index in [9.17, 15) is 39.3 Å². The van der Waals surface area contributed by atoms with Crippen LogP contribution in [0.15, 0.2) is 48.6 Å². The van der Waals surface area contributed by atoms with Crippen LogP contribution in [0, 0.1) is 43.4 Å². The average Bonchev–Trinajstić information content (AvgIpc) is 3.70. The van der Waals surface area contributed by atoms with Gasteiger partial charge in [0.1, 0.15) is 24.2 Å². The smallest absolute Gasteiger partial charge is 0.304 e. The number of carbonyl (C=O) groups excluding carboxylic acids is 5. The van der Waals surface area contributed by atoms with Gasteiger partial charge in [-0.1, -0.05) is 58.9 Å². The highest BCUT2D eigenvalue weighted by atomic mass is 16.8. The highest BCUT2D eigenvalue weighted by Crippen LogP contribution is 2.36. The van der Waals surface area contributed by atoms with Crippen molar-refractivity contribution in [3.63, 3.8) is 0 Å². The van der Waals surface area contributed by atoms with Crippen molar-refractivity contribution in [2.45, 2.75) is 138 Å². The maximum atomic E-state index is 12.2. The number of hydrogen-bond acceptors (Lipinski definition) is 15. The number of likely N-dealkylation sites (tertiary alicyclic amines) is 2. The molecule has 4 aliphatic heterocycles. The number of piperidine rings is 2. The molecule has 402 valence electrons. The number of amides is 2. The molecule has 2 aromatic carbocycles. The van der Waals surface area contributed by atoms with E-state index in [1.54, 1.807) is 46.2 Å². The Balaban J connectivity index is 0.000000258. The number of carbonyl (C=O) groups is 5. The topological polar surface area (TPSA) is 228 Å². The third-order valence-electron chi connectivity index (χ3n) is 13.6. The fourth-order valence-corrected chi connectivity index (χ4v) is 8.75. The molecule has 0 radical (unpaired) electrons. The third-order valence-corrected chi connectivity index (χ3v) is 13.6. The number of phenolic OH excluding ortho intramolecular Hbond substituents is 2. The number of aryl methyl sites for hydroxylation is 2. The van der Waals surface area contributed by atoms with Crippen LogP contribution < -0.4 is 0 Å². The highest BCUT2D eigenvalue weighted by Gasteiger charge is 2.40. The van der Waals surface area contributed by atoms with Gasteiger partial charge in [-0.05, 0) is 106 Å². The Labute approximate surface area is 426 Å². The summed E-state index contributed by atoms with van der Waals surface area (Å²) in [4.78, 5) is 60.1. The van der Waals surface area contributed by atoms with Crippen molar-refractivity contribution in [1.29, 1.82) is 0 Å². The Morgan fingerprint density at radius 3 is 1.81 bits per heavy atom. The number of nitrogens with zero attached hydrogens (tertiary/aromatic N) is 2. The van der Waals surface area contributed by atoms with Gasteiger partial charge in [0.05, 0.1) is 31.5 Å². The fraction of sp³-hybridized carbons (Fsp3) is 0.618. The largest absolute Gasteiger partial charge is 0.507 e. The van der Waals surface area contributed by atoms with Crippen LogP contribution in [-0.2, 0) is 52.4 Å². The van der Waals surface area contributed by atoms with Crippen molar-refractivity contribution in [3.8, 4) is 11.5 Å². The number of aromatic hydroxyl groups is 2. The fourth-order valence-electron chi connectivity index (χ4n) is 8.75. The Morgan fingerprint density at radius 2 is 1.29 bits per heavy atom. The van der Waals surface area contributed by atoms with E-state index in [0.717, 1.165) is 49.7 Å². The molecule has 4 aliphatic rings. The molecular weight excluding hydrogens is 929 g/mol. The van der Waals surface area contributed by atoms with E-state index in [4.69, 9.17) is 33.5 Å². The summed E-state index contributed by atoms with van der Waals surface area (Å²) in [6.07, 6.45) is 11.1. The molecule has 9 atom stereocenters. The summed E-state index contributed by atoms with van der Waals surface area (Å²) < 4.78 is 31.7. The highest BCUT2D eigenvalue weighted by molar-refractivity contribution is 5.93. The van der Waals surface area contributed by atoms with E-state index in [2.05, 4.69) is 13.8 Å². The normalized spacial score (nSPS) is 25.2. The lowest BCUT2D eigenvalue weighted by atomic mass is 9.79. The quantitative estimate of drug-likeness (QED) is 0.0678. The summed E-state index contributed by atoms with van der Waals surface area (Å²) in [6, 6.07) is 10.6. The van der Waals surface area contributed by atoms with Crippen molar-refractivity contribution >= 4 is 41.9 Å². The molecule has 4 N–H and O–H groups in total. The molecule has 17 nitrogen and oxygen atoms in total.